The van der Waals surface area contributed by atoms with Gasteiger partial charge in [-0.25, -0.2) is 0 Å². The Morgan fingerprint density at radius 3 is 2.41 bits per heavy atom. The van der Waals surface area contributed by atoms with E-state index < -0.39 is 5.54 Å². The summed E-state index contributed by atoms with van der Waals surface area (Å²) in [6, 6.07) is 0. The molecule has 0 aliphatic carbocycles. The average molecular weight is 305 g/mol. The van der Waals surface area contributed by atoms with Gasteiger partial charge in [0.2, 0.25) is 0 Å². The number of hydrogen-bond acceptors (Lipinski definition) is 3. The van der Waals surface area contributed by atoms with Crippen molar-refractivity contribution in [2.24, 2.45) is 5.92 Å². The van der Waals surface area contributed by atoms with E-state index in [1.165, 1.54) is 0 Å². The van der Waals surface area contributed by atoms with Crippen LogP contribution in [0.4, 0.5) is 0 Å². The van der Waals surface area contributed by atoms with Crippen molar-refractivity contribution < 1.29 is 9.84 Å². The number of rotatable bonds is 10. The minimum atomic E-state index is -0.430. The van der Waals surface area contributed by atoms with Crippen molar-refractivity contribution in [2.75, 3.05) is 27.4 Å². The van der Waals surface area contributed by atoms with Gasteiger partial charge in [0.1, 0.15) is 0 Å². The second kappa shape index (κ2) is 9.44. The number of likely N-dealkylation sites (N-methyl/N-ethyl adjacent to an activating group) is 1. The molecule has 22 heavy (non-hydrogen) atoms. The maximum atomic E-state index is 9.40. The van der Waals surface area contributed by atoms with Crippen LogP contribution in [0, 0.1) is 5.92 Å². The molecular formula is C19H31NO2. The first-order valence-corrected chi connectivity index (χ1v) is 7.47. The largest absolute Gasteiger partial charge is 0.392 e. The summed E-state index contributed by atoms with van der Waals surface area (Å²) in [5, 5.41) is 9.40. The number of aliphatic hydroxyl groups excluding tert-OH is 1. The van der Waals surface area contributed by atoms with Crippen molar-refractivity contribution in [1.82, 2.24) is 4.90 Å². The lowest BCUT2D eigenvalue weighted by molar-refractivity contribution is 0.137. The number of nitrogens with zero attached hydrogens (tertiary/aromatic N) is 1. The molecule has 0 aliphatic heterocycles. The van der Waals surface area contributed by atoms with Crippen molar-refractivity contribution >= 4 is 0 Å². The van der Waals surface area contributed by atoms with Gasteiger partial charge < -0.3 is 14.7 Å². The molecule has 0 spiro atoms. The number of hydrogen-bond donors (Lipinski definition) is 1. The summed E-state index contributed by atoms with van der Waals surface area (Å²) in [6.45, 7) is 18.6. The van der Waals surface area contributed by atoms with Gasteiger partial charge in [-0.3, -0.25) is 0 Å². The molecule has 0 rings (SSSR count). The third-order valence-electron chi connectivity index (χ3n) is 4.44. The van der Waals surface area contributed by atoms with Gasteiger partial charge in [-0.15, -0.1) is 0 Å². The first-order valence-electron chi connectivity index (χ1n) is 7.47. The van der Waals surface area contributed by atoms with Crippen molar-refractivity contribution in [1.29, 1.82) is 0 Å². The standard InChI is InChI=1S/C19H31NO2/c1-9-11-16(4)20(7)19(6,17(5)15(3)10-2)18(12-13-21)14-22-8/h9-12,17,21H,2-4,13-14H2,1,5-8H3/b11-9-,18-12+. The molecule has 0 aromatic carbocycles. The highest BCUT2D eigenvalue weighted by atomic mass is 16.5. The predicted octanol–water partition coefficient (Wildman–Crippen LogP) is 3.71. The molecule has 0 bridgehead atoms. The molecule has 124 valence electrons. The maximum absolute atomic E-state index is 9.40. The van der Waals surface area contributed by atoms with Crippen molar-refractivity contribution in [3.63, 3.8) is 0 Å². The Balaban J connectivity index is 6.04. The van der Waals surface area contributed by atoms with Gasteiger partial charge in [-0.2, -0.15) is 0 Å². The van der Waals surface area contributed by atoms with Crippen LogP contribution in [0.25, 0.3) is 0 Å². The summed E-state index contributed by atoms with van der Waals surface area (Å²) in [6.07, 6.45) is 7.50. The van der Waals surface area contributed by atoms with E-state index in [-0.39, 0.29) is 12.5 Å². The third-order valence-corrected chi connectivity index (χ3v) is 4.44. The molecule has 0 fully saturated rings. The summed E-state index contributed by atoms with van der Waals surface area (Å²) < 4.78 is 5.35. The summed E-state index contributed by atoms with van der Waals surface area (Å²) in [4.78, 5) is 2.10. The number of aliphatic hydroxyl groups is 1. The lowest BCUT2D eigenvalue weighted by atomic mass is 9.75. The molecule has 0 saturated heterocycles. The van der Waals surface area contributed by atoms with E-state index in [2.05, 4.69) is 38.5 Å². The molecule has 3 heteroatoms. The molecule has 3 nitrogen and oxygen atoms in total. The summed E-state index contributed by atoms with van der Waals surface area (Å²) in [5.41, 5.74) is 2.37. The fourth-order valence-corrected chi connectivity index (χ4v) is 2.60. The van der Waals surface area contributed by atoms with E-state index >= 15 is 0 Å². The topological polar surface area (TPSA) is 32.7 Å². The van der Waals surface area contributed by atoms with Crippen LogP contribution in [-0.2, 0) is 4.74 Å². The Morgan fingerprint density at radius 2 is 2.00 bits per heavy atom. The Labute approximate surface area is 136 Å². The smallest absolute Gasteiger partial charge is 0.0696 e. The maximum Gasteiger partial charge on any atom is 0.0696 e. The SMILES string of the molecule is C=CC(=C)C(C)C(C)(/C(=C/CO)COC)N(C)C(=C)/C=C\C. The normalized spacial score (nSPS) is 16.2. The van der Waals surface area contributed by atoms with Crippen molar-refractivity contribution in [3.05, 3.63) is 60.9 Å². The zero-order valence-electron chi connectivity index (χ0n) is 14.7. The highest BCUT2D eigenvalue weighted by molar-refractivity contribution is 5.33. The summed E-state index contributed by atoms with van der Waals surface area (Å²) in [7, 11) is 3.65. The number of ether oxygens (including phenoxy) is 1. The second-order valence-electron chi connectivity index (χ2n) is 5.54. The van der Waals surface area contributed by atoms with Crippen LogP contribution in [-0.4, -0.2) is 42.9 Å². The fraction of sp³-hybridized carbons (Fsp3) is 0.474. The van der Waals surface area contributed by atoms with E-state index in [9.17, 15) is 5.11 Å². The Hall–Kier alpha value is -1.58. The average Bonchev–Trinajstić information content (AvgIpc) is 2.51. The van der Waals surface area contributed by atoms with Gasteiger partial charge in [0, 0.05) is 25.8 Å². The van der Waals surface area contributed by atoms with Crippen LogP contribution < -0.4 is 0 Å². The van der Waals surface area contributed by atoms with Crippen LogP contribution in [0.3, 0.4) is 0 Å². The molecule has 0 aromatic rings. The van der Waals surface area contributed by atoms with Gasteiger partial charge in [0.15, 0.2) is 0 Å². The second-order valence-corrected chi connectivity index (χ2v) is 5.54. The number of methoxy groups -OCH3 is 1. The minimum absolute atomic E-state index is 0.0362. The molecule has 2 atom stereocenters. The first-order chi connectivity index (χ1) is 10.3. The van der Waals surface area contributed by atoms with Gasteiger partial charge in [0.25, 0.3) is 0 Å². The van der Waals surface area contributed by atoms with Crippen LogP contribution in [0.2, 0.25) is 0 Å². The zero-order chi connectivity index (χ0) is 17.3. The van der Waals surface area contributed by atoms with E-state index in [1.54, 1.807) is 19.3 Å². The molecular weight excluding hydrogens is 274 g/mol. The molecule has 0 radical (unpaired) electrons. The molecule has 2 unspecified atom stereocenters. The monoisotopic (exact) mass is 305 g/mol. The quantitative estimate of drug-likeness (QED) is 0.493. The Morgan fingerprint density at radius 1 is 1.41 bits per heavy atom. The lowest BCUT2D eigenvalue weighted by Gasteiger charge is -2.47. The molecule has 1 N–H and O–H groups in total. The van der Waals surface area contributed by atoms with Crippen LogP contribution in [0.1, 0.15) is 20.8 Å². The van der Waals surface area contributed by atoms with E-state index in [0.717, 1.165) is 16.8 Å². The highest BCUT2D eigenvalue weighted by Crippen LogP contribution is 2.38. The van der Waals surface area contributed by atoms with Gasteiger partial charge in [-0.1, -0.05) is 50.5 Å². The van der Waals surface area contributed by atoms with E-state index in [0.29, 0.717) is 6.61 Å². The van der Waals surface area contributed by atoms with Crippen LogP contribution >= 0.6 is 0 Å². The summed E-state index contributed by atoms with van der Waals surface area (Å²) >= 11 is 0. The van der Waals surface area contributed by atoms with Gasteiger partial charge in [-0.05, 0) is 25.5 Å². The zero-order valence-corrected chi connectivity index (χ0v) is 14.7. The Bertz CT molecular complexity index is 462. The fourth-order valence-electron chi connectivity index (χ4n) is 2.60. The molecule has 0 amide bonds. The van der Waals surface area contributed by atoms with Gasteiger partial charge >= 0.3 is 0 Å². The van der Waals surface area contributed by atoms with E-state index in [1.807, 2.05) is 26.1 Å². The van der Waals surface area contributed by atoms with Gasteiger partial charge in [0.05, 0.1) is 18.8 Å². The molecule has 0 aromatic heterocycles. The minimum Gasteiger partial charge on any atom is -0.392 e. The molecule has 0 saturated carbocycles. The first kappa shape index (κ1) is 20.4. The molecule has 0 aliphatic rings. The van der Waals surface area contributed by atoms with Crippen LogP contribution in [0.5, 0.6) is 0 Å². The van der Waals surface area contributed by atoms with E-state index in [4.69, 9.17) is 4.74 Å². The highest BCUT2D eigenvalue weighted by Gasteiger charge is 2.39. The number of allylic oxidation sites excluding steroid dienone is 3. The van der Waals surface area contributed by atoms with Crippen LogP contribution in [0.15, 0.2) is 60.9 Å². The van der Waals surface area contributed by atoms with Crippen molar-refractivity contribution in [2.45, 2.75) is 26.3 Å². The third kappa shape index (κ3) is 4.46. The predicted molar refractivity (Wildman–Crippen MR) is 95.7 cm³/mol. The Kier molecular flexibility index (Phi) is 8.76. The molecule has 0 heterocycles. The lowest BCUT2D eigenvalue weighted by Crippen LogP contribution is -2.51. The van der Waals surface area contributed by atoms with Crippen molar-refractivity contribution in [3.8, 4) is 0 Å². The summed E-state index contributed by atoms with van der Waals surface area (Å²) in [5.74, 6) is 0.0740.